The zero-order chi connectivity index (χ0) is 12.3. The Morgan fingerprint density at radius 3 is 2.76 bits per heavy atom. The third-order valence-corrected chi connectivity index (χ3v) is 2.28. The molecule has 2 rings (SSSR count). The summed E-state index contributed by atoms with van der Waals surface area (Å²) >= 11 is 0. The number of methoxy groups -OCH3 is 1. The van der Waals surface area contributed by atoms with E-state index in [1.54, 1.807) is 7.11 Å². The molecule has 2 aromatic rings. The molecule has 0 fully saturated rings. The Balaban J connectivity index is 2.24. The molecule has 0 spiro atoms. The average molecular weight is 239 g/mol. The van der Waals surface area contributed by atoms with E-state index in [9.17, 15) is 0 Å². The Labute approximate surface area is 97.1 Å². The van der Waals surface area contributed by atoms with Gasteiger partial charge in [-0.1, -0.05) is 18.5 Å². The Kier molecular flexibility index (Phi) is 3.33. The highest BCUT2D eigenvalue weighted by atomic mass is 16.6. The zero-order valence-electron chi connectivity index (χ0n) is 9.58. The highest BCUT2D eigenvalue weighted by molar-refractivity contribution is 5.60. The van der Waals surface area contributed by atoms with Crippen LogP contribution in [0.2, 0.25) is 0 Å². The fourth-order valence-corrected chi connectivity index (χ4v) is 1.42. The minimum absolute atomic E-state index is 0.115. The molecule has 92 valence electrons. The number of rotatable bonds is 5. The predicted octanol–water partition coefficient (Wildman–Crippen LogP) is 1.19. The van der Waals surface area contributed by atoms with Gasteiger partial charge in [0.25, 0.3) is 5.89 Å². The number of anilines is 1. The Bertz CT molecular complexity index is 480. The first kappa shape index (κ1) is 11.5. The molecule has 8 heteroatoms. The molecule has 0 amide bonds. The van der Waals surface area contributed by atoms with Crippen molar-refractivity contribution in [3.8, 4) is 11.6 Å². The maximum Gasteiger partial charge on any atom is 0.284 e. The van der Waals surface area contributed by atoms with Crippen molar-refractivity contribution >= 4 is 5.82 Å². The van der Waals surface area contributed by atoms with Gasteiger partial charge in [-0.15, -0.1) is 0 Å². The van der Waals surface area contributed by atoms with Crippen molar-refractivity contribution in [2.75, 3.05) is 12.8 Å². The maximum atomic E-state index is 5.52. The van der Waals surface area contributed by atoms with Crippen LogP contribution in [0.4, 0.5) is 5.82 Å². The van der Waals surface area contributed by atoms with Gasteiger partial charge >= 0.3 is 0 Å². The fourth-order valence-electron chi connectivity index (χ4n) is 1.42. The normalized spacial score (nSPS) is 12.8. The van der Waals surface area contributed by atoms with Crippen LogP contribution in [-0.2, 0) is 4.74 Å². The summed E-state index contributed by atoms with van der Waals surface area (Å²) in [6.45, 7) is 2.05. The van der Waals surface area contributed by atoms with E-state index in [-0.39, 0.29) is 23.5 Å². The van der Waals surface area contributed by atoms with Crippen molar-refractivity contribution in [1.29, 1.82) is 0 Å². The third kappa shape index (κ3) is 2.26. The van der Waals surface area contributed by atoms with Crippen LogP contribution < -0.4 is 5.73 Å². The summed E-state index contributed by atoms with van der Waals surface area (Å²) < 4.78 is 14.8. The molecule has 0 aliphatic carbocycles. The molecule has 0 aliphatic heterocycles. The topological polar surface area (TPSA) is 113 Å². The first-order chi connectivity index (χ1) is 8.26. The number of nitrogens with two attached hydrogens (primary N) is 1. The summed E-state index contributed by atoms with van der Waals surface area (Å²) in [4.78, 5) is 4.16. The molecule has 2 N–H and O–H groups in total. The first-order valence-corrected chi connectivity index (χ1v) is 5.21. The molecule has 0 saturated heterocycles. The van der Waals surface area contributed by atoms with Crippen molar-refractivity contribution in [2.45, 2.75) is 25.9 Å². The van der Waals surface area contributed by atoms with Crippen molar-refractivity contribution in [1.82, 2.24) is 20.5 Å². The quantitative estimate of drug-likeness (QED) is 0.827. The van der Waals surface area contributed by atoms with E-state index in [0.717, 1.165) is 12.8 Å². The van der Waals surface area contributed by atoms with Gasteiger partial charge in [-0.05, 0) is 16.7 Å². The first-order valence-electron chi connectivity index (χ1n) is 5.21. The lowest BCUT2D eigenvalue weighted by Crippen LogP contribution is -2.03. The van der Waals surface area contributed by atoms with Crippen LogP contribution in [0.3, 0.4) is 0 Å². The summed E-state index contributed by atoms with van der Waals surface area (Å²) in [5.74, 6) is 0.758. The summed E-state index contributed by atoms with van der Waals surface area (Å²) in [6.07, 6.45) is 1.57. The molecule has 0 aliphatic rings. The lowest BCUT2D eigenvalue weighted by molar-refractivity contribution is 0.0854. The van der Waals surface area contributed by atoms with Crippen molar-refractivity contribution in [3.63, 3.8) is 0 Å². The molecule has 0 aromatic carbocycles. The van der Waals surface area contributed by atoms with Gasteiger partial charge in [0.15, 0.2) is 0 Å². The molecule has 1 atom stereocenters. The number of hydrogen-bond acceptors (Lipinski definition) is 8. The van der Waals surface area contributed by atoms with E-state index in [1.807, 2.05) is 6.92 Å². The second-order valence-electron chi connectivity index (χ2n) is 3.47. The molecule has 0 saturated carbocycles. The van der Waals surface area contributed by atoms with Crippen molar-refractivity contribution < 1.29 is 13.9 Å². The zero-order valence-corrected chi connectivity index (χ0v) is 9.58. The number of hydrogen-bond donors (Lipinski definition) is 1. The largest absolute Gasteiger partial charge is 0.379 e. The highest BCUT2D eigenvalue weighted by Gasteiger charge is 2.21. The van der Waals surface area contributed by atoms with Crippen LogP contribution in [0, 0.1) is 0 Å². The standard InChI is InChI=1S/C9H13N5O3/c1-3-4-5(15-2)8-11-9(16-14-8)6-7(10)13-17-12-6/h5H,3-4H2,1-2H3,(H2,10,13). The summed E-state index contributed by atoms with van der Waals surface area (Å²) in [5, 5.41) is 10.8. The van der Waals surface area contributed by atoms with Gasteiger partial charge in [-0.25, -0.2) is 4.63 Å². The summed E-state index contributed by atoms with van der Waals surface area (Å²) in [7, 11) is 1.60. The molecular weight excluding hydrogens is 226 g/mol. The monoisotopic (exact) mass is 239 g/mol. The second kappa shape index (κ2) is 4.91. The molecule has 2 heterocycles. The van der Waals surface area contributed by atoms with E-state index < -0.39 is 0 Å². The van der Waals surface area contributed by atoms with Gasteiger partial charge < -0.3 is 15.0 Å². The van der Waals surface area contributed by atoms with Crippen LogP contribution >= 0.6 is 0 Å². The maximum absolute atomic E-state index is 5.52. The van der Waals surface area contributed by atoms with Crippen LogP contribution in [0.15, 0.2) is 9.15 Å². The van der Waals surface area contributed by atoms with Crippen molar-refractivity contribution in [3.05, 3.63) is 5.82 Å². The second-order valence-corrected chi connectivity index (χ2v) is 3.47. The van der Waals surface area contributed by atoms with E-state index in [1.165, 1.54) is 0 Å². The van der Waals surface area contributed by atoms with Gasteiger partial charge in [-0.2, -0.15) is 4.98 Å². The number of aromatic nitrogens is 4. The number of nitrogens with zero attached hydrogens (tertiary/aromatic N) is 4. The van der Waals surface area contributed by atoms with E-state index >= 15 is 0 Å². The lowest BCUT2D eigenvalue weighted by Gasteiger charge is -2.08. The predicted molar refractivity (Wildman–Crippen MR) is 56.7 cm³/mol. The smallest absolute Gasteiger partial charge is 0.284 e. The van der Waals surface area contributed by atoms with Gasteiger partial charge in [-0.3, -0.25) is 0 Å². The average Bonchev–Trinajstić information content (AvgIpc) is 2.94. The van der Waals surface area contributed by atoms with E-state index in [4.69, 9.17) is 15.0 Å². The van der Waals surface area contributed by atoms with Gasteiger partial charge in [0, 0.05) is 7.11 Å². The van der Waals surface area contributed by atoms with Crippen molar-refractivity contribution in [2.24, 2.45) is 0 Å². The minimum Gasteiger partial charge on any atom is -0.379 e. The highest BCUT2D eigenvalue weighted by Crippen LogP contribution is 2.24. The molecule has 2 aromatic heterocycles. The lowest BCUT2D eigenvalue weighted by atomic mass is 10.2. The molecule has 17 heavy (non-hydrogen) atoms. The molecule has 0 bridgehead atoms. The molecule has 8 nitrogen and oxygen atoms in total. The Morgan fingerprint density at radius 1 is 1.35 bits per heavy atom. The summed E-state index contributed by atoms with van der Waals surface area (Å²) in [6, 6.07) is 0. The minimum atomic E-state index is -0.196. The van der Waals surface area contributed by atoms with E-state index in [2.05, 4.69) is 25.1 Å². The number of nitrogen functional groups attached to an aromatic ring is 1. The van der Waals surface area contributed by atoms with Crippen LogP contribution in [-0.4, -0.2) is 27.6 Å². The van der Waals surface area contributed by atoms with Gasteiger partial charge in [0.05, 0.1) is 0 Å². The molecular formula is C9H13N5O3. The molecule has 1 unspecified atom stereocenters. The Hall–Kier alpha value is -1.96. The summed E-state index contributed by atoms with van der Waals surface area (Å²) in [5.41, 5.74) is 5.77. The van der Waals surface area contributed by atoms with E-state index in [0.29, 0.717) is 5.82 Å². The third-order valence-electron chi connectivity index (χ3n) is 2.28. The Morgan fingerprint density at radius 2 is 2.18 bits per heavy atom. The fraction of sp³-hybridized carbons (Fsp3) is 0.556. The van der Waals surface area contributed by atoms with Gasteiger partial charge in [0.1, 0.15) is 6.10 Å². The van der Waals surface area contributed by atoms with Gasteiger partial charge in [0.2, 0.25) is 17.3 Å². The number of ether oxygens (including phenoxy) is 1. The SMILES string of the molecule is CCCC(OC)c1noc(-c2nonc2N)n1. The van der Waals surface area contributed by atoms with Crippen LogP contribution in [0.25, 0.3) is 11.6 Å². The van der Waals surface area contributed by atoms with Crippen LogP contribution in [0.1, 0.15) is 31.7 Å². The van der Waals surface area contributed by atoms with Crippen LogP contribution in [0.5, 0.6) is 0 Å². The molecule has 0 radical (unpaired) electrons.